The van der Waals surface area contributed by atoms with Gasteiger partial charge in [0.2, 0.25) is 0 Å². The van der Waals surface area contributed by atoms with Crippen molar-refractivity contribution in [1.82, 2.24) is 15.5 Å². The van der Waals surface area contributed by atoms with Gasteiger partial charge in [-0.1, -0.05) is 26.7 Å². The average Bonchev–Trinajstić information content (AvgIpc) is 2.80. The molecule has 2 aliphatic rings. The quantitative estimate of drug-likeness (QED) is 0.715. The third-order valence-electron chi connectivity index (χ3n) is 3.59. The summed E-state index contributed by atoms with van der Waals surface area (Å²) in [6.07, 6.45) is 3.66. The second kappa shape index (κ2) is 4.64. The topological polar surface area (TPSA) is 61.4 Å². The van der Waals surface area contributed by atoms with Crippen LogP contribution in [0.5, 0.6) is 0 Å². The molecule has 3 amide bonds. The highest BCUT2D eigenvalue weighted by atomic mass is 16.2. The van der Waals surface area contributed by atoms with Crippen LogP contribution < -0.4 is 10.6 Å². The van der Waals surface area contributed by atoms with E-state index < -0.39 is 5.54 Å². The minimum atomic E-state index is -0.561. The first-order chi connectivity index (χ1) is 8.05. The predicted octanol–water partition coefficient (Wildman–Crippen LogP) is 0.849. The number of imide groups is 1. The Labute approximate surface area is 102 Å². The van der Waals surface area contributed by atoms with Crippen molar-refractivity contribution in [2.75, 3.05) is 13.1 Å². The number of amides is 3. The fraction of sp³-hybridized carbons (Fsp3) is 0.833. The molecule has 17 heavy (non-hydrogen) atoms. The summed E-state index contributed by atoms with van der Waals surface area (Å²) in [5.41, 5.74) is -0.561. The Balaban J connectivity index is 1.94. The lowest BCUT2D eigenvalue weighted by atomic mass is 9.98. The third-order valence-corrected chi connectivity index (χ3v) is 3.59. The highest BCUT2D eigenvalue weighted by Gasteiger charge is 2.51. The molecule has 0 unspecified atom stereocenters. The molecule has 1 saturated carbocycles. The van der Waals surface area contributed by atoms with E-state index in [2.05, 4.69) is 10.6 Å². The highest BCUT2D eigenvalue weighted by molar-refractivity contribution is 6.07. The summed E-state index contributed by atoms with van der Waals surface area (Å²) >= 11 is 0. The number of hydrogen-bond donors (Lipinski definition) is 2. The average molecular weight is 239 g/mol. The molecule has 2 N–H and O–H groups in total. The zero-order chi connectivity index (χ0) is 12.5. The maximum absolute atomic E-state index is 12.2. The van der Waals surface area contributed by atoms with Gasteiger partial charge in [-0.25, -0.2) is 4.79 Å². The lowest BCUT2D eigenvalue weighted by Crippen LogP contribution is -2.44. The van der Waals surface area contributed by atoms with Gasteiger partial charge in [0.1, 0.15) is 5.54 Å². The largest absolute Gasteiger partial charge is 0.325 e. The van der Waals surface area contributed by atoms with E-state index in [9.17, 15) is 9.59 Å². The van der Waals surface area contributed by atoms with E-state index in [0.29, 0.717) is 19.1 Å². The molecule has 5 nitrogen and oxygen atoms in total. The Hall–Kier alpha value is -1.10. The van der Waals surface area contributed by atoms with Crippen molar-refractivity contribution in [2.24, 2.45) is 0 Å². The van der Waals surface area contributed by atoms with Gasteiger partial charge in [0, 0.05) is 19.1 Å². The molecular weight excluding hydrogens is 218 g/mol. The molecule has 0 bridgehead atoms. The predicted molar refractivity (Wildman–Crippen MR) is 64.6 cm³/mol. The number of rotatable bonds is 4. The van der Waals surface area contributed by atoms with Gasteiger partial charge in [-0.05, 0) is 12.8 Å². The first-order valence-electron chi connectivity index (χ1n) is 6.43. The lowest BCUT2D eigenvalue weighted by Gasteiger charge is -2.20. The normalized spacial score (nSPS) is 22.9. The van der Waals surface area contributed by atoms with Crippen molar-refractivity contribution in [2.45, 2.75) is 51.1 Å². The Kier molecular flexibility index (Phi) is 3.38. The number of urea groups is 1. The van der Waals surface area contributed by atoms with Crippen molar-refractivity contribution in [3.63, 3.8) is 0 Å². The van der Waals surface area contributed by atoms with Crippen molar-refractivity contribution in [1.29, 1.82) is 0 Å². The maximum Gasteiger partial charge on any atom is 0.325 e. The summed E-state index contributed by atoms with van der Waals surface area (Å²) < 4.78 is 0. The molecule has 0 aromatic heterocycles. The molecule has 0 aromatic carbocycles. The summed E-state index contributed by atoms with van der Waals surface area (Å²) in [7, 11) is 0. The molecule has 5 heteroatoms. The molecule has 1 aliphatic heterocycles. The van der Waals surface area contributed by atoms with E-state index in [-0.39, 0.29) is 11.9 Å². The van der Waals surface area contributed by atoms with E-state index in [0.717, 1.165) is 25.7 Å². The molecule has 96 valence electrons. The van der Waals surface area contributed by atoms with Gasteiger partial charge in [-0.2, -0.15) is 0 Å². The molecule has 0 atom stereocenters. The van der Waals surface area contributed by atoms with E-state index in [1.54, 1.807) is 0 Å². The third kappa shape index (κ3) is 2.29. The van der Waals surface area contributed by atoms with Crippen LogP contribution in [0.2, 0.25) is 0 Å². The fourth-order valence-electron chi connectivity index (χ4n) is 2.66. The monoisotopic (exact) mass is 239 g/mol. The van der Waals surface area contributed by atoms with Crippen LogP contribution in [-0.2, 0) is 4.79 Å². The smallest absolute Gasteiger partial charge is 0.323 e. The zero-order valence-corrected chi connectivity index (χ0v) is 10.6. The van der Waals surface area contributed by atoms with Crippen LogP contribution >= 0.6 is 0 Å². The first-order valence-corrected chi connectivity index (χ1v) is 6.43. The zero-order valence-electron chi connectivity index (χ0n) is 10.6. The van der Waals surface area contributed by atoms with Crippen LogP contribution in [0.4, 0.5) is 4.79 Å². The van der Waals surface area contributed by atoms with E-state index in [1.807, 2.05) is 13.8 Å². The summed E-state index contributed by atoms with van der Waals surface area (Å²) in [4.78, 5) is 25.4. The Morgan fingerprint density at radius 1 is 1.35 bits per heavy atom. The Bertz CT molecular complexity index is 322. The maximum atomic E-state index is 12.2. The lowest BCUT2D eigenvalue weighted by molar-refractivity contribution is -0.131. The molecule has 0 radical (unpaired) electrons. The van der Waals surface area contributed by atoms with Gasteiger partial charge in [-0.3, -0.25) is 9.69 Å². The SMILES string of the molecule is CC(C)NCCN1C(=O)NC2(CCCC2)C1=O. The van der Waals surface area contributed by atoms with Crippen LogP contribution in [-0.4, -0.2) is 41.5 Å². The van der Waals surface area contributed by atoms with Gasteiger partial charge < -0.3 is 10.6 Å². The minimum absolute atomic E-state index is 0.0226. The number of carbonyl (C=O) groups excluding carboxylic acids is 2. The Morgan fingerprint density at radius 3 is 2.59 bits per heavy atom. The van der Waals surface area contributed by atoms with Gasteiger partial charge in [0.05, 0.1) is 0 Å². The van der Waals surface area contributed by atoms with E-state index >= 15 is 0 Å². The number of nitrogens with zero attached hydrogens (tertiary/aromatic N) is 1. The highest BCUT2D eigenvalue weighted by Crippen LogP contribution is 2.34. The molecule has 2 fully saturated rings. The summed E-state index contributed by atoms with van der Waals surface area (Å²) in [5, 5.41) is 6.10. The summed E-state index contributed by atoms with van der Waals surface area (Å²) in [5.74, 6) is -0.0226. The van der Waals surface area contributed by atoms with Gasteiger partial charge in [-0.15, -0.1) is 0 Å². The van der Waals surface area contributed by atoms with Gasteiger partial charge in [0.25, 0.3) is 5.91 Å². The van der Waals surface area contributed by atoms with Crippen molar-refractivity contribution < 1.29 is 9.59 Å². The first kappa shape index (κ1) is 12.4. The van der Waals surface area contributed by atoms with Crippen molar-refractivity contribution >= 4 is 11.9 Å². The van der Waals surface area contributed by atoms with E-state index in [1.165, 1.54) is 4.90 Å². The summed E-state index contributed by atoms with van der Waals surface area (Å²) in [6, 6.07) is 0.152. The van der Waals surface area contributed by atoms with Crippen LogP contribution in [0.3, 0.4) is 0 Å². The molecule has 1 heterocycles. The molecule has 1 aliphatic carbocycles. The number of carbonyl (C=O) groups is 2. The molecule has 0 aromatic rings. The summed E-state index contributed by atoms with van der Waals surface area (Å²) in [6.45, 7) is 5.21. The van der Waals surface area contributed by atoms with Crippen molar-refractivity contribution in [3.8, 4) is 0 Å². The molecule has 2 rings (SSSR count). The Morgan fingerprint density at radius 2 is 2.00 bits per heavy atom. The fourth-order valence-corrected chi connectivity index (χ4v) is 2.66. The van der Waals surface area contributed by atoms with E-state index in [4.69, 9.17) is 0 Å². The minimum Gasteiger partial charge on any atom is -0.323 e. The molecule has 1 saturated heterocycles. The molecule has 1 spiro atoms. The second-order valence-electron chi connectivity index (χ2n) is 5.28. The number of hydrogen-bond acceptors (Lipinski definition) is 3. The van der Waals surface area contributed by atoms with Crippen LogP contribution in [0.15, 0.2) is 0 Å². The van der Waals surface area contributed by atoms with Gasteiger partial charge >= 0.3 is 6.03 Å². The van der Waals surface area contributed by atoms with Crippen LogP contribution in [0.1, 0.15) is 39.5 Å². The van der Waals surface area contributed by atoms with Crippen LogP contribution in [0, 0.1) is 0 Å². The second-order valence-corrected chi connectivity index (χ2v) is 5.28. The number of nitrogens with one attached hydrogen (secondary N) is 2. The van der Waals surface area contributed by atoms with Crippen molar-refractivity contribution in [3.05, 3.63) is 0 Å². The molecular formula is C12H21N3O2. The van der Waals surface area contributed by atoms with Gasteiger partial charge in [0.15, 0.2) is 0 Å². The standard InChI is InChI=1S/C12H21N3O2/c1-9(2)13-7-8-15-10(16)12(14-11(15)17)5-3-4-6-12/h9,13H,3-8H2,1-2H3,(H,14,17). The van der Waals surface area contributed by atoms with Crippen LogP contribution in [0.25, 0.3) is 0 Å².